The maximum atomic E-state index is 5.93. The first-order valence-corrected chi connectivity index (χ1v) is 8.66. The second-order valence-corrected chi connectivity index (χ2v) is 6.48. The van der Waals surface area contributed by atoms with E-state index in [1.54, 1.807) is 7.11 Å². The Bertz CT molecular complexity index is 686. The second-order valence-electron chi connectivity index (χ2n) is 6.48. The number of morpholine rings is 1. The summed E-state index contributed by atoms with van der Waals surface area (Å²) in [7, 11) is 1.65. The van der Waals surface area contributed by atoms with Crippen molar-refractivity contribution in [3.63, 3.8) is 0 Å². The lowest BCUT2D eigenvalue weighted by Gasteiger charge is -2.43. The van der Waals surface area contributed by atoms with E-state index in [1.807, 2.05) is 24.3 Å². The van der Waals surface area contributed by atoms with Gasteiger partial charge in [-0.25, -0.2) is 0 Å². The maximum absolute atomic E-state index is 5.93. The molecule has 1 saturated carbocycles. The van der Waals surface area contributed by atoms with Gasteiger partial charge < -0.3 is 14.0 Å². The average Bonchev–Trinajstić information content (AvgIpc) is 3.11. The van der Waals surface area contributed by atoms with Crippen molar-refractivity contribution in [2.24, 2.45) is 0 Å². The van der Waals surface area contributed by atoms with E-state index in [9.17, 15) is 0 Å². The Morgan fingerprint density at radius 1 is 1.29 bits per heavy atom. The highest BCUT2D eigenvalue weighted by atomic mass is 16.5. The molecule has 1 aromatic heterocycles. The standard InChI is InChI=1S/C18H23N3O3/c1-22-14-6-4-5-13(11-14)18-19-17(24-20-18)12-21-9-10-23-16-8-3-2-7-15(16)21/h4-6,11,15-16H,2-3,7-10,12H2,1H3/t15-,16-/m0/s1. The molecule has 6 heteroatoms. The van der Waals surface area contributed by atoms with Gasteiger partial charge in [0.2, 0.25) is 11.7 Å². The van der Waals surface area contributed by atoms with Gasteiger partial charge >= 0.3 is 0 Å². The Hall–Kier alpha value is -1.92. The van der Waals surface area contributed by atoms with Crippen LogP contribution < -0.4 is 4.74 Å². The fourth-order valence-corrected chi connectivity index (χ4v) is 3.75. The summed E-state index contributed by atoms with van der Waals surface area (Å²) >= 11 is 0. The van der Waals surface area contributed by atoms with E-state index in [4.69, 9.17) is 14.0 Å². The molecule has 1 saturated heterocycles. The highest BCUT2D eigenvalue weighted by molar-refractivity contribution is 5.56. The molecular formula is C18H23N3O3. The number of hydrogen-bond acceptors (Lipinski definition) is 6. The summed E-state index contributed by atoms with van der Waals surface area (Å²) in [6, 6.07) is 8.20. The summed E-state index contributed by atoms with van der Waals surface area (Å²) in [4.78, 5) is 7.01. The van der Waals surface area contributed by atoms with Gasteiger partial charge in [-0.15, -0.1) is 0 Å². The van der Waals surface area contributed by atoms with Gasteiger partial charge in [-0.05, 0) is 25.0 Å². The Morgan fingerprint density at radius 3 is 3.12 bits per heavy atom. The summed E-state index contributed by atoms with van der Waals surface area (Å²) in [5.41, 5.74) is 0.905. The molecule has 2 fully saturated rings. The molecule has 0 amide bonds. The van der Waals surface area contributed by atoms with Gasteiger partial charge in [0, 0.05) is 18.2 Å². The van der Waals surface area contributed by atoms with Gasteiger partial charge in [0.05, 0.1) is 26.4 Å². The number of methoxy groups -OCH3 is 1. The van der Waals surface area contributed by atoms with Gasteiger partial charge in [-0.2, -0.15) is 4.98 Å². The predicted molar refractivity (Wildman–Crippen MR) is 88.7 cm³/mol. The first-order valence-electron chi connectivity index (χ1n) is 8.66. The molecular weight excluding hydrogens is 306 g/mol. The van der Waals surface area contributed by atoms with Crippen molar-refractivity contribution in [1.29, 1.82) is 0 Å². The number of hydrogen-bond donors (Lipinski definition) is 0. The quantitative estimate of drug-likeness (QED) is 0.859. The zero-order valence-corrected chi connectivity index (χ0v) is 14.0. The second kappa shape index (κ2) is 6.91. The van der Waals surface area contributed by atoms with Gasteiger partial charge in [0.25, 0.3) is 0 Å². The minimum atomic E-state index is 0.369. The number of aromatic nitrogens is 2. The van der Waals surface area contributed by atoms with Crippen molar-refractivity contribution in [3.8, 4) is 17.1 Å². The van der Waals surface area contributed by atoms with Crippen LogP contribution in [0.5, 0.6) is 5.75 Å². The Labute approximate surface area is 141 Å². The molecule has 0 N–H and O–H groups in total. The summed E-state index contributed by atoms with van der Waals surface area (Å²) < 4.78 is 16.7. The van der Waals surface area contributed by atoms with Gasteiger partial charge in [0.15, 0.2) is 0 Å². The number of rotatable bonds is 4. The van der Waals surface area contributed by atoms with Crippen LogP contribution in [0.1, 0.15) is 31.6 Å². The van der Waals surface area contributed by atoms with Crippen molar-refractivity contribution >= 4 is 0 Å². The van der Waals surface area contributed by atoms with Crippen molar-refractivity contribution in [2.75, 3.05) is 20.3 Å². The molecule has 1 aromatic carbocycles. The Balaban J connectivity index is 1.48. The lowest BCUT2D eigenvalue weighted by Crippen LogP contribution is -2.52. The molecule has 2 aromatic rings. The fourth-order valence-electron chi connectivity index (χ4n) is 3.75. The molecule has 0 spiro atoms. The van der Waals surface area contributed by atoms with Gasteiger partial charge in [0.1, 0.15) is 5.75 Å². The van der Waals surface area contributed by atoms with E-state index in [1.165, 1.54) is 25.7 Å². The first-order chi connectivity index (χ1) is 11.8. The van der Waals surface area contributed by atoms with Crippen LogP contribution in [-0.4, -0.2) is 47.4 Å². The summed E-state index contributed by atoms with van der Waals surface area (Å²) in [6.07, 6.45) is 5.28. The highest BCUT2D eigenvalue weighted by Crippen LogP contribution is 2.29. The topological polar surface area (TPSA) is 60.6 Å². The van der Waals surface area contributed by atoms with Gasteiger partial charge in [-0.1, -0.05) is 30.1 Å². The molecule has 6 nitrogen and oxygen atoms in total. The zero-order chi connectivity index (χ0) is 16.4. The van der Waals surface area contributed by atoms with E-state index < -0.39 is 0 Å². The Kier molecular flexibility index (Phi) is 4.49. The van der Waals surface area contributed by atoms with Crippen LogP contribution in [0.15, 0.2) is 28.8 Å². The Morgan fingerprint density at radius 2 is 2.21 bits per heavy atom. The fraction of sp³-hybridized carbons (Fsp3) is 0.556. The summed E-state index contributed by atoms with van der Waals surface area (Å²) in [5, 5.41) is 4.13. The van der Waals surface area contributed by atoms with Crippen LogP contribution in [0.3, 0.4) is 0 Å². The molecule has 24 heavy (non-hydrogen) atoms. The van der Waals surface area contributed by atoms with E-state index in [-0.39, 0.29) is 0 Å². The van der Waals surface area contributed by atoms with E-state index in [0.717, 1.165) is 24.5 Å². The maximum Gasteiger partial charge on any atom is 0.241 e. The normalized spacial score (nSPS) is 24.5. The predicted octanol–water partition coefficient (Wildman–Crippen LogP) is 2.89. The molecule has 0 bridgehead atoms. The number of fused-ring (bicyclic) bond motifs is 1. The SMILES string of the molecule is COc1cccc(-c2noc(CN3CCO[C@H]4CCCC[C@@H]43)n2)c1. The summed E-state index contributed by atoms with van der Waals surface area (Å²) in [5.74, 6) is 2.06. The highest BCUT2D eigenvalue weighted by Gasteiger charge is 2.34. The molecule has 2 atom stereocenters. The number of benzene rings is 1. The van der Waals surface area contributed by atoms with Crippen molar-refractivity contribution in [1.82, 2.24) is 15.0 Å². The molecule has 2 aliphatic rings. The zero-order valence-electron chi connectivity index (χ0n) is 14.0. The van der Waals surface area contributed by atoms with Crippen LogP contribution in [-0.2, 0) is 11.3 Å². The third kappa shape index (κ3) is 3.16. The lowest BCUT2D eigenvalue weighted by atomic mass is 9.90. The van der Waals surface area contributed by atoms with Crippen molar-refractivity contribution < 1.29 is 14.0 Å². The molecule has 0 radical (unpaired) electrons. The number of ether oxygens (including phenoxy) is 2. The monoisotopic (exact) mass is 329 g/mol. The van der Waals surface area contributed by atoms with E-state index >= 15 is 0 Å². The van der Waals surface area contributed by atoms with Crippen molar-refractivity contribution in [2.45, 2.75) is 44.4 Å². The minimum absolute atomic E-state index is 0.369. The molecule has 0 unspecified atom stereocenters. The van der Waals surface area contributed by atoms with Crippen LogP contribution in [0.25, 0.3) is 11.4 Å². The first kappa shape index (κ1) is 15.6. The third-order valence-electron chi connectivity index (χ3n) is 4.98. The van der Waals surface area contributed by atoms with Crippen molar-refractivity contribution in [3.05, 3.63) is 30.2 Å². The van der Waals surface area contributed by atoms with Crippen LogP contribution >= 0.6 is 0 Å². The van der Waals surface area contributed by atoms with E-state index in [0.29, 0.717) is 30.4 Å². The lowest BCUT2D eigenvalue weighted by molar-refractivity contribution is -0.0933. The molecule has 1 aliphatic carbocycles. The molecule has 128 valence electrons. The average molecular weight is 329 g/mol. The van der Waals surface area contributed by atoms with Crippen LogP contribution in [0, 0.1) is 0 Å². The summed E-state index contributed by atoms with van der Waals surface area (Å²) in [6.45, 7) is 2.41. The third-order valence-corrected chi connectivity index (χ3v) is 4.98. The molecule has 4 rings (SSSR count). The minimum Gasteiger partial charge on any atom is -0.497 e. The van der Waals surface area contributed by atoms with Crippen LogP contribution in [0.2, 0.25) is 0 Å². The number of nitrogens with zero attached hydrogens (tertiary/aromatic N) is 3. The van der Waals surface area contributed by atoms with Gasteiger partial charge in [-0.3, -0.25) is 4.90 Å². The van der Waals surface area contributed by atoms with E-state index in [2.05, 4.69) is 15.0 Å². The largest absolute Gasteiger partial charge is 0.497 e. The van der Waals surface area contributed by atoms with Crippen LogP contribution in [0.4, 0.5) is 0 Å². The molecule has 2 heterocycles. The smallest absolute Gasteiger partial charge is 0.241 e. The molecule has 1 aliphatic heterocycles.